The number of hydrogen-bond acceptors (Lipinski definition) is 6. The minimum atomic E-state index is -0.482. The van der Waals surface area contributed by atoms with Gasteiger partial charge in [-0.15, -0.1) is 0 Å². The Labute approximate surface area is 176 Å². The molecule has 0 spiro atoms. The summed E-state index contributed by atoms with van der Waals surface area (Å²) < 4.78 is 11.0. The largest absolute Gasteiger partial charge is 0.504 e. The van der Waals surface area contributed by atoms with E-state index in [2.05, 4.69) is 5.32 Å². The van der Waals surface area contributed by atoms with E-state index >= 15 is 0 Å². The number of Topliss-reactive ketones (excluding diaryl/α,β-unsaturated/α-hetero) is 1. The Morgan fingerprint density at radius 2 is 2.07 bits per heavy atom. The molecule has 0 bridgehead atoms. The lowest BCUT2D eigenvalue weighted by atomic mass is 9.74. The Hall–Kier alpha value is -2.80. The number of carbonyl (C=O) groups is 2. The third-order valence-corrected chi connectivity index (χ3v) is 5.92. The summed E-state index contributed by atoms with van der Waals surface area (Å²) in [5.41, 5.74) is 3.70. The molecule has 3 aliphatic rings. The van der Waals surface area contributed by atoms with Gasteiger partial charge in [0.15, 0.2) is 17.3 Å². The average Bonchev–Trinajstić information content (AvgIpc) is 2.75. The van der Waals surface area contributed by atoms with Crippen molar-refractivity contribution in [3.05, 3.63) is 46.3 Å². The molecule has 1 aromatic rings. The fourth-order valence-corrected chi connectivity index (χ4v) is 4.52. The van der Waals surface area contributed by atoms with Gasteiger partial charge in [-0.1, -0.05) is 6.07 Å². The number of rotatable bonds is 4. The summed E-state index contributed by atoms with van der Waals surface area (Å²) in [6.45, 7) is 6.23. The van der Waals surface area contributed by atoms with Gasteiger partial charge in [0.2, 0.25) is 0 Å². The van der Waals surface area contributed by atoms with Crippen molar-refractivity contribution in [1.82, 2.24) is 10.2 Å². The predicted molar refractivity (Wildman–Crippen MR) is 111 cm³/mol. The number of dihydropyridines is 1. The molecule has 0 saturated carbocycles. The van der Waals surface area contributed by atoms with Gasteiger partial charge in [0, 0.05) is 48.0 Å². The maximum Gasteiger partial charge on any atom is 0.252 e. The molecule has 30 heavy (non-hydrogen) atoms. The molecule has 1 fully saturated rings. The zero-order chi connectivity index (χ0) is 21.3. The molecule has 2 N–H and O–H groups in total. The van der Waals surface area contributed by atoms with Crippen molar-refractivity contribution in [1.29, 1.82) is 0 Å². The van der Waals surface area contributed by atoms with Crippen LogP contribution in [0, 0.1) is 0 Å². The minimum absolute atomic E-state index is 0.0421. The summed E-state index contributed by atoms with van der Waals surface area (Å²) in [4.78, 5) is 28.4. The van der Waals surface area contributed by atoms with Crippen molar-refractivity contribution in [3.8, 4) is 11.5 Å². The van der Waals surface area contributed by atoms with Crippen molar-refractivity contribution in [2.45, 2.75) is 39.0 Å². The topological polar surface area (TPSA) is 88.1 Å². The third-order valence-electron chi connectivity index (χ3n) is 5.92. The Morgan fingerprint density at radius 1 is 1.30 bits per heavy atom. The number of carbonyl (C=O) groups excluding carboxylic acids is 2. The molecule has 1 saturated heterocycles. The molecule has 0 aromatic heterocycles. The number of nitrogens with zero attached hydrogens (tertiary/aromatic N) is 1. The molecule has 7 nitrogen and oxygen atoms in total. The summed E-state index contributed by atoms with van der Waals surface area (Å²) >= 11 is 0. The van der Waals surface area contributed by atoms with Gasteiger partial charge in [-0.05, 0) is 44.4 Å². The van der Waals surface area contributed by atoms with Gasteiger partial charge in [0.1, 0.15) is 0 Å². The normalized spacial score (nSPS) is 22.0. The second kappa shape index (κ2) is 8.52. The second-order valence-electron chi connectivity index (χ2n) is 7.83. The van der Waals surface area contributed by atoms with Crippen LogP contribution < -0.4 is 10.1 Å². The Bertz CT molecular complexity index is 928. The molecule has 4 rings (SSSR count). The summed E-state index contributed by atoms with van der Waals surface area (Å²) in [5.74, 6) is -0.0942. The lowest BCUT2D eigenvalue weighted by Crippen LogP contribution is -2.44. The van der Waals surface area contributed by atoms with Crippen LogP contribution in [-0.2, 0) is 14.3 Å². The van der Waals surface area contributed by atoms with E-state index in [0.29, 0.717) is 56.2 Å². The number of morpholine rings is 1. The van der Waals surface area contributed by atoms with Gasteiger partial charge < -0.3 is 24.8 Å². The highest BCUT2D eigenvalue weighted by molar-refractivity contribution is 6.05. The number of benzene rings is 1. The molecule has 1 aliphatic carbocycles. The summed E-state index contributed by atoms with van der Waals surface area (Å²) in [5, 5.41) is 13.5. The van der Waals surface area contributed by atoms with E-state index in [0.717, 1.165) is 29.8 Å². The maximum atomic E-state index is 13.6. The molecule has 1 amide bonds. The zero-order valence-corrected chi connectivity index (χ0v) is 17.5. The smallest absolute Gasteiger partial charge is 0.252 e. The van der Waals surface area contributed by atoms with E-state index in [9.17, 15) is 14.7 Å². The van der Waals surface area contributed by atoms with Gasteiger partial charge >= 0.3 is 0 Å². The quantitative estimate of drug-likeness (QED) is 0.791. The lowest BCUT2D eigenvalue weighted by Gasteiger charge is -2.37. The molecule has 0 radical (unpaired) electrons. The molecule has 1 aromatic carbocycles. The Morgan fingerprint density at radius 3 is 2.80 bits per heavy atom. The number of hydrogen-bond donors (Lipinski definition) is 2. The van der Waals surface area contributed by atoms with Crippen molar-refractivity contribution in [3.63, 3.8) is 0 Å². The van der Waals surface area contributed by atoms with Crippen LogP contribution in [0.3, 0.4) is 0 Å². The highest BCUT2D eigenvalue weighted by Gasteiger charge is 2.40. The molecule has 0 unspecified atom stereocenters. The average molecular weight is 412 g/mol. The summed E-state index contributed by atoms with van der Waals surface area (Å²) in [7, 11) is 0. The molecular weight excluding hydrogens is 384 g/mol. The Kier molecular flexibility index (Phi) is 5.81. The van der Waals surface area contributed by atoms with Crippen molar-refractivity contribution >= 4 is 11.7 Å². The van der Waals surface area contributed by atoms with Crippen molar-refractivity contribution in [2.75, 3.05) is 32.9 Å². The SMILES string of the molecule is CCOc1cc([C@H]2C(C(=O)N3CCOCC3)=C(C)NC3=C2C(=O)CCC3)ccc1O. The van der Waals surface area contributed by atoms with Gasteiger partial charge in [0.25, 0.3) is 5.91 Å². The second-order valence-corrected chi connectivity index (χ2v) is 7.83. The van der Waals surface area contributed by atoms with Crippen LogP contribution in [0.2, 0.25) is 0 Å². The van der Waals surface area contributed by atoms with Crippen LogP contribution >= 0.6 is 0 Å². The molecular formula is C23H28N2O5. The van der Waals surface area contributed by atoms with Gasteiger partial charge in [-0.2, -0.15) is 0 Å². The molecule has 160 valence electrons. The van der Waals surface area contributed by atoms with E-state index in [1.54, 1.807) is 23.1 Å². The lowest BCUT2D eigenvalue weighted by molar-refractivity contribution is -0.131. The van der Waals surface area contributed by atoms with Crippen LogP contribution in [-0.4, -0.2) is 54.6 Å². The molecule has 7 heteroatoms. The van der Waals surface area contributed by atoms with Gasteiger partial charge in [-0.25, -0.2) is 0 Å². The van der Waals surface area contributed by atoms with E-state index in [1.165, 1.54) is 0 Å². The van der Waals surface area contributed by atoms with Crippen LogP contribution in [0.5, 0.6) is 11.5 Å². The van der Waals surface area contributed by atoms with E-state index in [4.69, 9.17) is 9.47 Å². The number of phenols is 1. The van der Waals surface area contributed by atoms with Crippen molar-refractivity contribution < 1.29 is 24.2 Å². The third kappa shape index (κ3) is 3.69. The van der Waals surface area contributed by atoms with E-state index in [1.807, 2.05) is 13.8 Å². The highest BCUT2D eigenvalue weighted by Crippen LogP contribution is 2.44. The minimum Gasteiger partial charge on any atom is -0.504 e. The number of allylic oxidation sites excluding steroid dienone is 3. The van der Waals surface area contributed by atoms with Crippen molar-refractivity contribution in [2.24, 2.45) is 0 Å². The number of amides is 1. The summed E-state index contributed by atoms with van der Waals surface area (Å²) in [6, 6.07) is 5.10. The van der Waals surface area contributed by atoms with Crippen LogP contribution in [0.4, 0.5) is 0 Å². The standard InChI is InChI=1S/C23H28N2O5/c1-3-30-19-13-15(7-8-17(19)26)21-20(23(28)25-9-11-29-12-10-25)14(2)24-16-5-4-6-18(27)22(16)21/h7-8,13,21,24,26H,3-6,9-12H2,1-2H3/t21-/m0/s1. The first kappa shape index (κ1) is 20.5. The van der Waals surface area contributed by atoms with Crippen LogP contribution in [0.15, 0.2) is 40.7 Å². The number of phenolic OH excluding ortho intramolecular Hbond substituents is 1. The van der Waals surface area contributed by atoms with E-state index in [-0.39, 0.29) is 17.4 Å². The van der Waals surface area contributed by atoms with Crippen LogP contribution in [0.25, 0.3) is 0 Å². The number of aromatic hydroxyl groups is 1. The first-order valence-electron chi connectivity index (χ1n) is 10.6. The van der Waals surface area contributed by atoms with Gasteiger partial charge in [0.05, 0.1) is 19.8 Å². The maximum absolute atomic E-state index is 13.6. The first-order valence-corrected chi connectivity index (χ1v) is 10.6. The number of ether oxygens (including phenoxy) is 2. The van der Waals surface area contributed by atoms with E-state index < -0.39 is 5.92 Å². The predicted octanol–water partition coefficient (Wildman–Crippen LogP) is 2.62. The fourth-order valence-electron chi connectivity index (χ4n) is 4.52. The number of ketones is 1. The zero-order valence-electron chi connectivity index (χ0n) is 17.5. The van der Waals surface area contributed by atoms with Gasteiger partial charge in [-0.3, -0.25) is 9.59 Å². The molecule has 2 heterocycles. The molecule has 1 atom stereocenters. The highest BCUT2D eigenvalue weighted by atomic mass is 16.5. The fraction of sp³-hybridized carbons (Fsp3) is 0.478. The Balaban J connectivity index is 1.82. The van der Waals surface area contributed by atoms with Crippen LogP contribution in [0.1, 0.15) is 44.6 Å². The molecule has 2 aliphatic heterocycles. The number of nitrogens with one attached hydrogen (secondary N) is 1. The monoisotopic (exact) mass is 412 g/mol. The first-order chi connectivity index (χ1) is 14.5. The summed E-state index contributed by atoms with van der Waals surface area (Å²) in [6.07, 6.45) is 2.06.